The van der Waals surface area contributed by atoms with Crippen molar-refractivity contribution >= 4 is 23.0 Å². The van der Waals surface area contributed by atoms with E-state index in [-0.39, 0.29) is 4.88 Å². The third-order valence-electron chi connectivity index (χ3n) is 2.26. The summed E-state index contributed by atoms with van der Waals surface area (Å²) >= 11 is 1.20. The van der Waals surface area contributed by atoms with Crippen LogP contribution in [0.5, 0.6) is 0 Å². The van der Waals surface area contributed by atoms with Gasteiger partial charge in [-0.2, -0.15) is 0 Å². The Morgan fingerprint density at radius 3 is 2.69 bits per heavy atom. The summed E-state index contributed by atoms with van der Waals surface area (Å²) < 4.78 is 0. The van der Waals surface area contributed by atoms with Gasteiger partial charge in [-0.3, -0.25) is 0 Å². The number of hydrogen-bond donors (Lipinski definition) is 2. The molecule has 0 bridgehead atoms. The predicted molar refractivity (Wildman–Crippen MR) is 65.9 cm³/mol. The fourth-order valence-electron chi connectivity index (χ4n) is 1.51. The number of carbonyl (C=O) groups is 1. The van der Waals surface area contributed by atoms with Crippen LogP contribution in [-0.4, -0.2) is 11.1 Å². The zero-order chi connectivity index (χ0) is 11.7. The molecule has 1 aromatic heterocycles. The Kier molecular flexibility index (Phi) is 2.66. The Bertz CT molecular complexity index is 546. The number of rotatable bonds is 2. The molecule has 0 unspecified atom stereocenters. The zero-order valence-corrected chi connectivity index (χ0v) is 9.54. The van der Waals surface area contributed by atoms with Crippen molar-refractivity contribution in [3.05, 3.63) is 40.8 Å². The highest BCUT2D eigenvalue weighted by molar-refractivity contribution is 7.17. The van der Waals surface area contributed by atoms with Crippen LogP contribution >= 0.6 is 11.3 Å². The van der Waals surface area contributed by atoms with Crippen molar-refractivity contribution in [2.24, 2.45) is 0 Å². The van der Waals surface area contributed by atoms with Crippen LogP contribution in [-0.2, 0) is 0 Å². The molecule has 0 radical (unpaired) electrons. The first-order valence-corrected chi connectivity index (χ1v) is 5.59. The smallest absolute Gasteiger partial charge is 0.348 e. The van der Waals surface area contributed by atoms with Gasteiger partial charge < -0.3 is 10.8 Å². The van der Waals surface area contributed by atoms with Crippen molar-refractivity contribution in [2.75, 3.05) is 5.73 Å². The maximum absolute atomic E-state index is 10.9. The molecule has 3 N–H and O–H groups in total. The molecule has 0 saturated carbocycles. The lowest BCUT2D eigenvalue weighted by molar-refractivity contribution is 0.0703. The van der Waals surface area contributed by atoms with E-state index in [1.54, 1.807) is 6.07 Å². The zero-order valence-electron chi connectivity index (χ0n) is 8.73. The molecule has 16 heavy (non-hydrogen) atoms. The molecule has 82 valence electrons. The molecule has 0 amide bonds. The van der Waals surface area contributed by atoms with Crippen LogP contribution in [0.2, 0.25) is 0 Å². The Balaban J connectivity index is 2.49. The van der Waals surface area contributed by atoms with Gasteiger partial charge in [-0.25, -0.2) is 4.79 Å². The first kappa shape index (κ1) is 10.7. The molecule has 0 spiro atoms. The SMILES string of the molecule is Cc1cccc(-c2cc(N)c(C(=O)O)s2)c1. The van der Waals surface area contributed by atoms with Crippen molar-refractivity contribution in [3.63, 3.8) is 0 Å². The third kappa shape index (κ3) is 1.92. The van der Waals surface area contributed by atoms with Gasteiger partial charge in [0.25, 0.3) is 0 Å². The van der Waals surface area contributed by atoms with Crippen LogP contribution in [0.15, 0.2) is 30.3 Å². The molecule has 1 aromatic carbocycles. The molecule has 0 aliphatic heterocycles. The number of nitrogen functional groups attached to an aromatic ring is 1. The topological polar surface area (TPSA) is 63.3 Å². The Hall–Kier alpha value is -1.81. The molecular formula is C12H11NO2S. The molecule has 0 aliphatic rings. The average molecular weight is 233 g/mol. The molecule has 1 heterocycles. The van der Waals surface area contributed by atoms with Gasteiger partial charge in [-0.15, -0.1) is 11.3 Å². The third-order valence-corrected chi connectivity index (χ3v) is 3.45. The quantitative estimate of drug-likeness (QED) is 0.838. The van der Waals surface area contributed by atoms with Gasteiger partial charge >= 0.3 is 5.97 Å². The lowest BCUT2D eigenvalue weighted by Crippen LogP contribution is -1.96. The second-order valence-electron chi connectivity index (χ2n) is 3.57. The van der Waals surface area contributed by atoms with Gasteiger partial charge in [-0.05, 0) is 18.6 Å². The van der Waals surface area contributed by atoms with Crippen molar-refractivity contribution in [2.45, 2.75) is 6.92 Å². The van der Waals surface area contributed by atoms with E-state index >= 15 is 0 Å². The normalized spacial score (nSPS) is 10.3. The van der Waals surface area contributed by atoms with E-state index in [1.807, 2.05) is 31.2 Å². The van der Waals surface area contributed by atoms with Crippen molar-refractivity contribution < 1.29 is 9.90 Å². The molecular weight excluding hydrogens is 222 g/mol. The highest BCUT2D eigenvalue weighted by Gasteiger charge is 2.13. The molecule has 0 saturated heterocycles. The standard InChI is InChI=1S/C12H11NO2S/c1-7-3-2-4-8(5-7)10-6-9(13)11(16-10)12(14)15/h2-6H,13H2,1H3,(H,14,15). The summed E-state index contributed by atoms with van der Waals surface area (Å²) in [5.41, 5.74) is 8.12. The maximum atomic E-state index is 10.9. The second-order valence-corrected chi connectivity index (χ2v) is 4.62. The average Bonchev–Trinajstić information content (AvgIpc) is 2.60. The van der Waals surface area contributed by atoms with E-state index in [0.717, 1.165) is 16.0 Å². The molecule has 2 aromatic rings. The van der Waals surface area contributed by atoms with Crippen molar-refractivity contribution in [1.29, 1.82) is 0 Å². The minimum absolute atomic E-state index is 0.205. The van der Waals surface area contributed by atoms with E-state index < -0.39 is 5.97 Å². The molecule has 3 nitrogen and oxygen atoms in total. The lowest BCUT2D eigenvalue weighted by Gasteiger charge is -1.97. The number of anilines is 1. The van der Waals surface area contributed by atoms with Crippen LogP contribution < -0.4 is 5.73 Å². The Morgan fingerprint density at radius 2 is 2.12 bits per heavy atom. The molecule has 0 aliphatic carbocycles. The number of thiophene rings is 1. The van der Waals surface area contributed by atoms with E-state index in [1.165, 1.54) is 11.3 Å². The van der Waals surface area contributed by atoms with Crippen LogP contribution in [0, 0.1) is 6.92 Å². The Labute approximate surface area is 97.2 Å². The largest absolute Gasteiger partial charge is 0.477 e. The van der Waals surface area contributed by atoms with Crippen LogP contribution in [0.1, 0.15) is 15.2 Å². The lowest BCUT2D eigenvalue weighted by atomic mass is 10.1. The minimum atomic E-state index is -0.971. The highest BCUT2D eigenvalue weighted by atomic mass is 32.1. The van der Waals surface area contributed by atoms with Crippen molar-refractivity contribution in [1.82, 2.24) is 0 Å². The molecule has 0 atom stereocenters. The highest BCUT2D eigenvalue weighted by Crippen LogP contribution is 2.33. The van der Waals surface area contributed by atoms with Gasteiger partial charge in [0.05, 0.1) is 5.69 Å². The minimum Gasteiger partial charge on any atom is -0.477 e. The summed E-state index contributed by atoms with van der Waals surface area (Å²) in [5, 5.41) is 8.91. The first-order valence-electron chi connectivity index (χ1n) is 4.77. The number of carboxylic acids is 1. The Morgan fingerprint density at radius 1 is 1.38 bits per heavy atom. The first-order chi connectivity index (χ1) is 7.58. The van der Waals surface area contributed by atoms with E-state index in [2.05, 4.69) is 0 Å². The monoisotopic (exact) mass is 233 g/mol. The van der Waals surface area contributed by atoms with Crippen LogP contribution in [0.4, 0.5) is 5.69 Å². The summed E-state index contributed by atoms with van der Waals surface area (Å²) in [4.78, 5) is 12.0. The number of aromatic carboxylic acids is 1. The summed E-state index contributed by atoms with van der Waals surface area (Å²) in [7, 11) is 0. The maximum Gasteiger partial charge on any atom is 0.348 e. The second kappa shape index (κ2) is 3.98. The fraction of sp³-hybridized carbons (Fsp3) is 0.0833. The number of carboxylic acid groups (broad SMARTS) is 1. The van der Waals surface area contributed by atoms with Crippen LogP contribution in [0.3, 0.4) is 0 Å². The number of aryl methyl sites for hydroxylation is 1. The van der Waals surface area contributed by atoms with E-state index in [9.17, 15) is 4.79 Å². The number of hydrogen-bond acceptors (Lipinski definition) is 3. The van der Waals surface area contributed by atoms with Crippen LogP contribution in [0.25, 0.3) is 10.4 Å². The molecule has 2 rings (SSSR count). The fourth-order valence-corrected chi connectivity index (χ4v) is 2.43. The summed E-state index contributed by atoms with van der Waals surface area (Å²) in [6, 6.07) is 9.61. The summed E-state index contributed by atoms with van der Waals surface area (Å²) in [6.45, 7) is 2.00. The van der Waals surface area contributed by atoms with E-state index in [4.69, 9.17) is 10.8 Å². The van der Waals surface area contributed by atoms with Gasteiger partial charge in [-0.1, -0.05) is 29.8 Å². The van der Waals surface area contributed by atoms with Gasteiger partial charge in [0.15, 0.2) is 0 Å². The summed E-state index contributed by atoms with van der Waals surface area (Å²) in [5.74, 6) is -0.971. The molecule has 4 heteroatoms. The van der Waals surface area contributed by atoms with Crippen molar-refractivity contribution in [3.8, 4) is 10.4 Å². The van der Waals surface area contributed by atoms with Gasteiger partial charge in [0.1, 0.15) is 4.88 Å². The summed E-state index contributed by atoms with van der Waals surface area (Å²) in [6.07, 6.45) is 0. The number of nitrogens with two attached hydrogens (primary N) is 1. The van der Waals surface area contributed by atoms with Gasteiger partial charge in [0.2, 0.25) is 0 Å². The molecule has 0 fully saturated rings. The predicted octanol–water partition coefficient (Wildman–Crippen LogP) is 3.00. The number of benzene rings is 1. The van der Waals surface area contributed by atoms with E-state index in [0.29, 0.717) is 5.69 Å². The van der Waals surface area contributed by atoms with Gasteiger partial charge in [0, 0.05) is 4.88 Å².